The van der Waals surface area contributed by atoms with Gasteiger partial charge in [-0.25, -0.2) is 9.78 Å². The lowest BCUT2D eigenvalue weighted by atomic mass is 9.76. The van der Waals surface area contributed by atoms with Gasteiger partial charge >= 0.3 is 5.97 Å². The van der Waals surface area contributed by atoms with Crippen LogP contribution in [0.2, 0.25) is 0 Å². The summed E-state index contributed by atoms with van der Waals surface area (Å²) in [7, 11) is 1.38. The second-order valence-electron chi connectivity index (χ2n) is 7.18. The first-order valence-corrected chi connectivity index (χ1v) is 8.11. The zero-order chi connectivity index (χ0) is 16.9. The van der Waals surface area contributed by atoms with Gasteiger partial charge in [0.05, 0.1) is 23.7 Å². The minimum absolute atomic E-state index is 0.306. The summed E-state index contributed by atoms with van der Waals surface area (Å²) in [5, 5.41) is 7.67. The third-order valence-corrected chi connectivity index (χ3v) is 4.79. The van der Waals surface area contributed by atoms with E-state index in [0.717, 1.165) is 41.8 Å². The maximum Gasteiger partial charge on any atom is 0.337 e. The number of carbonyl (C=O) groups is 1. The lowest BCUT2D eigenvalue weighted by Gasteiger charge is -2.28. The van der Waals surface area contributed by atoms with E-state index in [4.69, 9.17) is 4.74 Å². The molecular weight excluding hydrogens is 304 g/mol. The van der Waals surface area contributed by atoms with E-state index in [1.807, 2.05) is 6.07 Å². The fourth-order valence-corrected chi connectivity index (χ4v) is 3.41. The van der Waals surface area contributed by atoms with Crippen LogP contribution in [0.3, 0.4) is 0 Å². The minimum Gasteiger partial charge on any atom is -0.465 e. The van der Waals surface area contributed by atoms with E-state index in [9.17, 15) is 4.79 Å². The number of benzene rings is 1. The number of hydrogen-bond donors (Lipinski definition) is 2. The van der Waals surface area contributed by atoms with Crippen molar-refractivity contribution in [1.82, 2.24) is 20.2 Å². The van der Waals surface area contributed by atoms with Crippen molar-refractivity contribution < 1.29 is 9.53 Å². The van der Waals surface area contributed by atoms with E-state index >= 15 is 0 Å². The molecule has 24 heavy (non-hydrogen) atoms. The molecule has 1 aromatic carbocycles. The van der Waals surface area contributed by atoms with Gasteiger partial charge in [0.1, 0.15) is 5.69 Å². The Balaban J connectivity index is 1.75. The van der Waals surface area contributed by atoms with Crippen molar-refractivity contribution in [1.29, 1.82) is 0 Å². The number of rotatable bonds is 2. The van der Waals surface area contributed by atoms with Crippen LogP contribution in [-0.2, 0) is 17.6 Å². The number of nitrogens with zero attached hydrogens (tertiary/aromatic N) is 2. The molecule has 0 fully saturated rings. The third-order valence-electron chi connectivity index (χ3n) is 4.79. The first-order valence-electron chi connectivity index (χ1n) is 8.11. The maximum atomic E-state index is 11.7. The average molecular weight is 324 g/mol. The largest absolute Gasteiger partial charge is 0.465 e. The summed E-state index contributed by atoms with van der Waals surface area (Å²) in [5.74, 6) is 0.380. The summed E-state index contributed by atoms with van der Waals surface area (Å²) in [4.78, 5) is 19.6. The predicted molar refractivity (Wildman–Crippen MR) is 90.8 cm³/mol. The van der Waals surface area contributed by atoms with Gasteiger partial charge in [-0.3, -0.25) is 5.10 Å². The van der Waals surface area contributed by atoms with Crippen LogP contribution >= 0.6 is 0 Å². The zero-order valence-electron chi connectivity index (χ0n) is 14.1. The maximum absolute atomic E-state index is 11.7. The number of methoxy groups -OCH3 is 1. The molecule has 6 nitrogen and oxygen atoms in total. The molecule has 2 N–H and O–H groups in total. The fourth-order valence-electron chi connectivity index (χ4n) is 3.41. The molecule has 4 rings (SSSR count). The normalized spacial score (nSPS) is 16.1. The highest BCUT2D eigenvalue weighted by atomic mass is 16.5. The molecule has 0 spiro atoms. The number of hydrogen-bond acceptors (Lipinski definition) is 4. The Morgan fingerprint density at radius 2 is 2.17 bits per heavy atom. The number of nitrogens with one attached hydrogen (secondary N) is 2. The van der Waals surface area contributed by atoms with Crippen LogP contribution in [0.4, 0.5) is 0 Å². The molecule has 0 atom stereocenters. The van der Waals surface area contributed by atoms with Crippen molar-refractivity contribution in [3.8, 4) is 11.5 Å². The molecule has 0 radical (unpaired) electrons. The first kappa shape index (κ1) is 14.9. The number of carbonyl (C=O) groups excluding carboxylic acids is 1. The topological polar surface area (TPSA) is 83.7 Å². The summed E-state index contributed by atoms with van der Waals surface area (Å²) < 4.78 is 4.76. The molecule has 0 saturated heterocycles. The summed E-state index contributed by atoms with van der Waals surface area (Å²) in [6, 6.07) is 5.32. The second-order valence-corrected chi connectivity index (χ2v) is 7.18. The Bertz CT molecular complexity index is 936. The fraction of sp³-hybridized carbons (Fsp3) is 0.389. The molecule has 0 amide bonds. The Kier molecular flexibility index (Phi) is 3.23. The predicted octanol–water partition coefficient (Wildman–Crippen LogP) is 3.25. The van der Waals surface area contributed by atoms with E-state index in [1.165, 1.54) is 18.4 Å². The van der Waals surface area contributed by atoms with E-state index in [-0.39, 0.29) is 5.97 Å². The van der Waals surface area contributed by atoms with Crippen LogP contribution in [-0.4, -0.2) is 33.2 Å². The van der Waals surface area contributed by atoms with Gasteiger partial charge in [0.25, 0.3) is 0 Å². The number of ether oxygens (including phenoxy) is 1. The van der Waals surface area contributed by atoms with Crippen molar-refractivity contribution in [3.63, 3.8) is 0 Å². The van der Waals surface area contributed by atoms with Crippen molar-refractivity contribution in [2.45, 2.75) is 33.1 Å². The summed E-state index contributed by atoms with van der Waals surface area (Å²) >= 11 is 0. The van der Waals surface area contributed by atoms with E-state index in [0.29, 0.717) is 11.0 Å². The molecule has 0 unspecified atom stereocenters. The molecule has 3 aromatic rings. The number of H-pyrrole nitrogens is 2. The Hall–Kier alpha value is -2.63. The Labute approximate surface area is 139 Å². The monoisotopic (exact) mass is 324 g/mol. The van der Waals surface area contributed by atoms with Gasteiger partial charge in [0, 0.05) is 11.3 Å². The van der Waals surface area contributed by atoms with E-state index < -0.39 is 0 Å². The van der Waals surface area contributed by atoms with Gasteiger partial charge in [-0.05, 0) is 42.9 Å². The van der Waals surface area contributed by atoms with Gasteiger partial charge in [-0.2, -0.15) is 5.10 Å². The van der Waals surface area contributed by atoms with E-state index in [1.54, 1.807) is 12.1 Å². The van der Waals surface area contributed by atoms with Gasteiger partial charge < -0.3 is 9.72 Å². The molecule has 2 aromatic heterocycles. The molecule has 124 valence electrons. The zero-order valence-corrected chi connectivity index (χ0v) is 14.1. The molecule has 1 aliphatic carbocycles. The highest BCUT2D eigenvalue weighted by Gasteiger charge is 2.29. The Morgan fingerprint density at radius 1 is 1.33 bits per heavy atom. The minimum atomic E-state index is -0.360. The summed E-state index contributed by atoms with van der Waals surface area (Å²) in [6.07, 6.45) is 3.14. The van der Waals surface area contributed by atoms with Crippen molar-refractivity contribution in [2.24, 2.45) is 5.41 Å². The Morgan fingerprint density at radius 3 is 2.96 bits per heavy atom. The molecular formula is C18H20N4O2. The smallest absolute Gasteiger partial charge is 0.337 e. The number of esters is 1. The molecule has 0 aliphatic heterocycles. The van der Waals surface area contributed by atoms with Crippen molar-refractivity contribution in [3.05, 3.63) is 35.0 Å². The molecule has 0 saturated carbocycles. The van der Waals surface area contributed by atoms with Crippen LogP contribution in [0.25, 0.3) is 22.6 Å². The van der Waals surface area contributed by atoms with Crippen molar-refractivity contribution >= 4 is 17.0 Å². The number of aromatic amines is 2. The van der Waals surface area contributed by atoms with E-state index in [2.05, 4.69) is 34.0 Å². The van der Waals surface area contributed by atoms with Gasteiger partial charge in [-0.1, -0.05) is 13.8 Å². The van der Waals surface area contributed by atoms with Crippen LogP contribution in [0.15, 0.2) is 18.2 Å². The lowest BCUT2D eigenvalue weighted by Crippen LogP contribution is -2.21. The molecule has 1 aliphatic rings. The highest BCUT2D eigenvalue weighted by molar-refractivity contribution is 5.94. The second kappa shape index (κ2) is 5.19. The van der Waals surface area contributed by atoms with Crippen LogP contribution < -0.4 is 0 Å². The standard InChI is InChI=1S/C18H20N4O2/c1-18(2)7-6-11-14(9-18)21-22-15(11)16-19-12-5-4-10(17(23)24-3)8-13(12)20-16/h4-5,8H,6-7,9H2,1-3H3,(H,19,20)(H,21,22). The SMILES string of the molecule is COC(=O)c1ccc2[nH]c(-c3n[nH]c4c3CCC(C)(C)C4)nc2c1. The number of fused-ring (bicyclic) bond motifs is 2. The number of aromatic nitrogens is 4. The lowest BCUT2D eigenvalue weighted by molar-refractivity contribution is 0.0601. The quantitative estimate of drug-likeness (QED) is 0.709. The summed E-state index contributed by atoms with van der Waals surface area (Å²) in [6.45, 7) is 4.57. The van der Waals surface area contributed by atoms with Crippen LogP contribution in [0.1, 0.15) is 41.9 Å². The van der Waals surface area contributed by atoms with Crippen molar-refractivity contribution in [2.75, 3.05) is 7.11 Å². The van der Waals surface area contributed by atoms with Crippen LogP contribution in [0.5, 0.6) is 0 Å². The number of imidazole rings is 1. The average Bonchev–Trinajstić information content (AvgIpc) is 3.15. The van der Waals surface area contributed by atoms with Gasteiger partial charge in [0.15, 0.2) is 5.82 Å². The van der Waals surface area contributed by atoms with Gasteiger partial charge in [-0.15, -0.1) is 0 Å². The molecule has 0 bridgehead atoms. The van der Waals surface area contributed by atoms with Crippen LogP contribution in [0, 0.1) is 5.41 Å². The van der Waals surface area contributed by atoms with Gasteiger partial charge in [0.2, 0.25) is 0 Å². The summed E-state index contributed by atoms with van der Waals surface area (Å²) in [5.41, 5.74) is 5.76. The first-order chi connectivity index (χ1) is 11.5. The molecule has 6 heteroatoms. The molecule has 2 heterocycles. The highest BCUT2D eigenvalue weighted by Crippen LogP contribution is 2.37. The third kappa shape index (κ3) is 2.38.